The molecule has 20 heavy (non-hydrogen) atoms. The first-order valence-electron chi connectivity index (χ1n) is 6.28. The Bertz CT molecular complexity index is 621. The van der Waals surface area contributed by atoms with Gasteiger partial charge in [-0.25, -0.2) is 13.2 Å². The van der Waals surface area contributed by atoms with E-state index in [9.17, 15) is 13.2 Å². The van der Waals surface area contributed by atoms with E-state index < -0.39 is 17.5 Å². The molecule has 1 saturated heterocycles. The molecule has 2 atom stereocenters. The Balaban J connectivity index is 1.94. The molecule has 0 radical (unpaired) electrons. The number of hydrogen-bond acceptors (Lipinski definition) is 4. The predicted octanol–water partition coefficient (Wildman–Crippen LogP) is 2.82. The van der Waals surface area contributed by atoms with E-state index in [4.69, 9.17) is 4.52 Å². The van der Waals surface area contributed by atoms with Crippen LogP contribution in [0, 0.1) is 23.4 Å². The smallest absolute Gasteiger partial charge is 0.244 e. The van der Waals surface area contributed by atoms with Gasteiger partial charge in [-0.2, -0.15) is 4.98 Å². The minimum atomic E-state index is -1.51. The zero-order valence-electron chi connectivity index (χ0n) is 10.7. The summed E-state index contributed by atoms with van der Waals surface area (Å²) in [6.07, 6.45) is 0.988. The Labute approximate surface area is 113 Å². The minimum absolute atomic E-state index is 0.0405. The zero-order chi connectivity index (χ0) is 14.3. The van der Waals surface area contributed by atoms with Crippen molar-refractivity contribution in [1.29, 1.82) is 0 Å². The largest absolute Gasteiger partial charge is 0.337 e. The molecule has 2 unspecified atom stereocenters. The monoisotopic (exact) mass is 283 g/mol. The van der Waals surface area contributed by atoms with Crippen LogP contribution in [0.1, 0.15) is 25.3 Å². The van der Waals surface area contributed by atoms with Gasteiger partial charge in [-0.05, 0) is 31.0 Å². The maximum Gasteiger partial charge on any atom is 0.244 e. The molecular formula is C13H12F3N3O. The lowest BCUT2D eigenvalue weighted by molar-refractivity contribution is 0.319. The molecule has 0 bridgehead atoms. The maximum absolute atomic E-state index is 13.2. The number of hydrogen-bond donors (Lipinski definition) is 1. The standard InChI is InChI=1S/C13H12F3N3O/c1-6-2-3-17-11(6)13-18-12(19-20-13)7-4-8(14)10(16)9(15)5-7/h4-6,11,17H,2-3H2,1H3. The van der Waals surface area contributed by atoms with Gasteiger partial charge in [0, 0.05) is 5.56 Å². The van der Waals surface area contributed by atoms with Gasteiger partial charge in [0.1, 0.15) is 0 Å². The molecule has 1 aromatic heterocycles. The molecule has 1 aliphatic rings. The predicted molar refractivity (Wildman–Crippen MR) is 64.1 cm³/mol. The van der Waals surface area contributed by atoms with Crippen LogP contribution >= 0.6 is 0 Å². The van der Waals surface area contributed by atoms with E-state index in [0.29, 0.717) is 11.8 Å². The summed E-state index contributed by atoms with van der Waals surface area (Å²) in [5.41, 5.74) is 0.0436. The van der Waals surface area contributed by atoms with E-state index in [1.54, 1.807) is 0 Å². The van der Waals surface area contributed by atoms with Gasteiger partial charge in [0.25, 0.3) is 0 Å². The second-order valence-electron chi connectivity index (χ2n) is 4.91. The molecule has 0 amide bonds. The van der Waals surface area contributed by atoms with Crippen molar-refractivity contribution in [3.63, 3.8) is 0 Å². The maximum atomic E-state index is 13.2. The molecule has 1 aliphatic heterocycles. The summed E-state index contributed by atoms with van der Waals surface area (Å²) in [6, 6.07) is 1.63. The van der Waals surface area contributed by atoms with Gasteiger partial charge in [-0.3, -0.25) is 0 Å². The summed E-state index contributed by atoms with van der Waals surface area (Å²) >= 11 is 0. The van der Waals surface area contributed by atoms with Crippen molar-refractivity contribution in [3.05, 3.63) is 35.5 Å². The van der Waals surface area contributed by atoms with Crippen molar-refractivity contribution in [2.24, 2.45) is 5.92 Å². The SMILES string of the molecule is CC1CCNC1c1nc(-c2cc(F)c(F)c(F)c2)no1. The van der Waals surface area contributed by atoms with Crippen molar-refractivity contribution >= 4 is 0 Å². The normalized spacial score (nSPS) is 22.4. The Morgan fingerprint density at radius 3 is 2.55 bits per heavy atom. The van der Waals surface area contributed by atoms with Gasteiger partial charge in [0.15, 0.2) is 17.5 Å². The zero-order valence-corrected chi connectivity index (χ0v) is 10.7. The van der Waals surface area contributed by atoms with Crippen LogP contribution in [0.15, 0.2) is 16.7 Å². The number of halogens is 3. The quantitative estimate of drug-likeness (QED) is 0.861. The van der Waals surface area contributed by atoms with E-state index in [1.165, 1.54) is 0 Å². The molecule has 2 aromatic rings. The molecule has 1 N–H and O–H groups in total. The fraction of sp³-hybridized carbons (Fsp3) is 0.385. The van der Waals surface area contributed by atoms with Gasteiger partial charge >= 0.3 is 0 Å². The van der Waals surface area contributed by atoms with Crippen LogP contribution in [0.2, 0.25) is 0 Å². The third kappa shape index (κ3) is 2.18. The molecule has 1 fully saturated rings. The highest BCUT2D eigenvalue weighted by Crippen LogP contribution is 2.29. The highest BCUT2D eigenvalue weighted by atomic mass is 19.2. The summed E-state index contributed by atoms with van der Waals surface area (Å²) in [4.78, 5) is 4.13. The second-order valence-corrected chi connectivity index (χ2v) is 4.91. The van der Waals surface area contributed by atoms with Crippen molar-refractivity contribution in [1.82, 2.24) is 15.5 Å². The molecule has 7 heteroatoms. The lowest BCUT2D eigenvalue weighted by atomic mass is 10.0. The first-order chi connectivity index (χ1) is 9.56. The third-order valence-corrected chi connectivity index (χ3v) is 3.48. The number of nitrogens with one attached hydrogen (secondary N) is 1. The van der Waals surface area contributed by atoms with Crippen molar-refractivity contribution < 1.29 is 17.7 Å². The Morgan fingerprint density at radius 1 is 1.25 bits per heavy atom. The molecule has 4 nitrogen and oxygen atoms in total. The van der Waals surface area contributed by atoms with Crippen molar-refractivity contribution in [3.8, 4) is 11.4 Å². The first kappa shape index (κ1) is 13.1. The van der Waals surface area contributed by atoms with Crippen LogP contribution in [-0.2, 0) is 0 Å². The second kappa shape index (κ2) is 4.90. The Hall–Kier alpha value is -1.89. The third-order valence-electron chi connectivity index (χ3n) is 3.48. The van der Waals surface area contributed by atoms with Crippen molar-refractivity contribution in [2.45, 2.75) is 19.4 Å². The van der Waals surface area contributed by atoms with Gasteiger partial charge < -0.3 is 9.84 Å². The molecule has 0 saturated carbocycles. The average Bonchev–Trinajstić information content (AvgIpc) is 3.03. The summed E-state index contributed by atoms with van der Waals surface area (Å²) < 4.78 is 44.4. The van der Waals surface area contributed by atoms with Crippen LogP contribution in [0.4, 0.5) is 13.2 Å². The van der Waals surface area contributed by atoms with E-state index in [0.717, 1.165) is 25.1 Å². The summed E-state index contributed by atoms with van der Waals surface area (Å²) in [5.74, 6) is -3.32. The lowest BCUT2D eigenvalue weighted by Gasteiger charge is -2.09. The molecule has 106 valence electrons. The highest BCUT2D eigenvalue weighted by Gasteiger charge is 2.29. The highest BCUT2D eigenvalue weighted by molar-refractivity contribution is 5.54. The molecule has 0 aliphatic carbocycles. The van der Waals surface area contributed by atoms with E-state index in [1.807, 2.05) is 6.92 Å². The van der Waals surface area contributed by atoms with Crippen LogP contribution in [0.3, 0.4) is 0 Å². The molecule has 2 heterocycles. The number of benzene rings is 1. The van der Waals surface area contributed by atoms with Crippen molar-refractivity contribution in [2.75, 3.05) is 6.54 Å². The first-order valence-corrected chi connectivity index (χ1v) is 6.28. The molecule has 3 rings (SSSR count). The molecular weight excluding hydrogens is 271 g/mol. The summed E-state index contributed by atoms with van der Waals surface area (Å²) in [6.45, 7) is 2.90. The van der Waals surface area contributed by atoms with Gasteiger partial charge in [-0.15, -0.1) is 0 Å². The Kier molecular flexibility index (Phi) is 3.21. The number of rotatable bonds is 2. The van der Waals surface area contributed by atoms with Crippen LogP contribution < -0.4 is 5.32 Å². The summed E-state index contributed by atoms with van der Waals surface area (Å²) in [7, 11) is 0. The van der Waals surface area contributed by atoms with Gasteiger partial charge in [0.05, 0.1) is 6.04 Å². The lowest BCUT2D eigenvalue weighted by Crippen LogP contribution is -2.16. The van der Waals surface area contributed by atoms with Crippen LogP contribution in [0.5, 0.6) is 0 Å². The van der Waals surface area contributed by atoms with Gasteiger partial charge in [-0.1, -0.05) is 12.1 Å². The topological polar surface area (TPSA) is 51.0 Å². The molecule has 0 spiro atoms. The van der Waals surface area contributed by atoms with E-state index in [2.05, 4.69) is 15.5 Å². The van der Waals surface area contributed by atoms with E-state index in [-0.39, 0.29) is 17.4 Å². The van der Waals surface area contributed by atoms with Gasteiger partial charge in [0.2, 0.25) is 11.7 Å². The number of aromatic nitrogens is 2. The van der Waals surface area contributed by atoms with Crippen LogP contribution in [-0.4, -0.2) is 16.7 Å². The van der Waals surface area contributed by atoms with Crippen LogP contribution in [0.25, 0.3) is 11.4 Å². The van der Waals surface area contributed by atoms with E-state index >= 15 is 0 Å². The Morgan fingerprint density at radius 2 is 1.95 bits per heavy atom. The summed E-state index contributed by atoms with van der Waals surface area (Å²) in [5, 5.41) is 6.91. The average molecular weight is 283 g/mol. The molecule has 1 aromatic carbocycles. The number of nitrogens with zero attached hydrogens (tertiary/aromatic N) is 2. The fourth-order valence-electron chi connectivity index (χ4n) is 2.33. The minimum Gasteiger partial charge on any atom is -0.337 e. The fourth-order valence-corrected chi connectivity index (χ4v) is 2.33.